The first-order valence-electron chi connectivity index (χ1n) is 5.46. The first-order chi connectivity index (χ1) is 7.83. The Bertz CT molecular complexity index is 474. The van der Waals surface area contributed by atoms with Crippen LogP contribution in [0, 0.1) is 6.92 Å². The molecule has 0 saturated carbocycles. The predicted molar refractivity (Wildman–Crippen MR) is 67.5 cm³/mol. The fourth-order valence-electron chi connectivity index (χ4n) is 1.75. The molecule has 0 N–H and O–H groups in total. The third-order valence-corrected chi connectivity index (χ3v) is 2.49. The van der Waals surface area contributed by atoms with Gasteiger partial charge in [0.05, 0.1) is 6.61 Å². The van der Waals surface area contributed by atoms with Gasteiger partial charge in [0.2, 0.25) is 0 Å². The molecule has 0 fully saturated rings. The Balaban J connectivity index is 2.51. The topological polar surface area (TPSA) is 9.23 Å². The lowest BCUT2D eigenvalue weighted by atomic mass is 10.00. The van der Waals surface area contributed by atoms with E-state index in [1.54, 1.807) is 0 Å². The molecule has 0 aliphatic rings. The van der Waals surface area contributed by atoms with E-state index in [4.69, 9.17) is 4.74 Å². The third kappa shape index (κ3) is 2.08. The minimum atomic E-state index is 0.677. The summed E-state index contributed by atoms with van der Waals surface area (Å²) in [4.78, 5) is 0. The molecule has 0 unspecified atom stereocenters. The normalized spacial score (nSPS) is 10.1. The van der Waals surface area contributed by atoms with Crippen LogP contribution in [0.5, 0.6) is 5.75 Å². The van der Waals surface area contributed by atoms with Crippen LogP contribution in [0.4, 0.5) is 0 Å². The molecule has 2 aromatic carbocycles. The quantitative estimate of drug-likeness (QED) is 0.747. The van der Waals surface area contributed by atoms with Crippen molar-refractivity contribution in [3.8, 4) is 16.9 Å². The average molecular weight is 211 g/mol. The first kappa shape index (κ1) is 10.7. The van der Waals surface area contributed by atoms with Gasteiger partial charge in [0.15, 0.2) is 0 Å². The summed E-state index contributed by atoms with van der Waals surface area (Å²) in [5.74, 6) is 0.918. The maximum absolute atomic E-state index is 5.62. The van der Waals surface area contributed by atoms with E-state index in [9.17, 15) is 0 Å². The molecule has 81 valence electrons. The maximum Gasteiger partial charge on any atom is 0.127 e. The van der Waals surface area contributed by atoms with Crippen LogP contribution in [0.1, 0.15) is 12.5 Å². The summed E-state index contributed by atoms with van der Waals surface area (Å²) >= 11 is 0. The van der Waals surface area contributed by atoms with Crippen molar-refractivity contribution in [1.29, 1.82) is 0 Å². The van der Waals surface area contributed by atoms with Gasteiger partial charge < -0.3 is 4.74 Å². The van der Waals surface area contributed by atoms with Gasteiger partial charge in [-0.2, -0.15) is 0 Å². The van der Waals surface area contributed by atoms with E-state index in [0.717, 1.165) is 22.4 Å². The lowest BCUT2D eigenvalue weighted by Gasteiger charge is -2.11. The molecule has 0 spiro atoms. The number of hydrogen-bond acceptors (Lipinski definition) is 1. The van der Waals surface area contributed by atoms with Gasteiger partial charge >= 0.3 is 0 Å². The Morgan fingerprint density at radius 2 is 1.56 bits per heavy atom. The molecule has 2 aromatic rings. The van der Waals surface area contributed by atoms with Crippen LogP contribution >= 0.6 is 0 Å². The predicted octanol–water partition coefficient (Wildman–Crippen LogP) is 3.93. The Morgan fingerprint density at radius 1 is 0.938 bits per heavy atom. The third-order valence-electron chi connectivity index (χ3n) is 2.49. The minimum absolute atomic E-state index is 0.677. The number of rotatable bonds is 3. The molecule has 0 amide bonds. The Kier molecular flexibility index (Phi) is 3.25. The van der Waals surface area contributed by atoms with Gasteiger partial charge in [-0.3, -0.25) is 0 Å². The van der Waals surface area contributed by atoms with E-state index in [0.29, 0.717) is 6.61 Å². The van der Waals surface area contributed by atoms with E-state index >= 15 is 0 Å². The van der Waals surface area contributed by atoms with Crippen LogP contribution in [0.3, 0.4) is 0 Å². The standard InChI is InChI=1S/C15H15O/c1-3-16-15-11-7-6-10-14(15)13-9-5-4-8-12(13)2/h4-11H,2-3H2,1H3. The summed E-state index contributed by atoms with van der Waals surface area (Å²) in [6, 6.07) is 16.2. The average Bonchev–Trinajstić information content (AvgIpc) is 2.31. The van der Waals surface area contributed by atoms with E-state index in [1.165, 1.54) is 0 Å². The molecule has 2 rings (SSSR count). The highest BCUT2D eigenvalue weighted by Crippen LogP contribution is 2.31. The van der Waals surface area contributed by atoms with Crippen LogP contribution in [-0.4, -0.2) is 6.61 Å². The second-order valence-electron chi connectivity index (χ2n) is 3.59. The molecule has 0 bridgehead atoms. The maximum atomic E-state index is 5.62. The SMILES string of the molecule is [CH2]c1ccccc1-c1ccccc1OCC. The zero-order valence-electron chi connectivity index (χ0n) is 9.44. The highest BCUT2D eigenvalue weighted by Gasteiger charge is 2.06. The van der Waals surface area contributed by atoms with Gasteiger partial charge in [-0.1, -0.05) is 42.5 Å². The van der Waals surface area contributed by atoms with Crippen LogP contribution in [0.2, 0.25) is 0 Å². The van der Waals surface area contributed by atoms with Crippen molar-refractivity contribution in [1.82, 2.24) is 0 Å². The molecular formula is C15H15O. The zero-order chi connectivity index (χ0) is 11.4. The highest BCUT2D eigenvalue weighted by atomic mass is 16.5. The lowest BCUT2D eigenvalue weighted by molar-refractivity contribution is 0.341. The summed E-state index contributed by atoms with van der Waals surface area (Å²) < 4.78 is 5.62. The summed E-state index contributed by atoms with van der Waals surface area (Å²) in [5, 5.41) is 0. The molecule has 1 nitrogen and oxygen atoms in total. The summed E-state index contributed by atoms with van der Waals surface area (Å²) in [7, 11) is 0. The van der Waals surface area contributed by atoms with Gasteiger partial charge in [0.25, 0.3) is 0 Å². The molecule has 0 saturated heterocycles. The second-order valence-corrected chi connectivity index (χ2v) is 3.59. The fourth-order valence-corrected chi connectivity index (χ4v) is 1.75. The lowest BCUT2D eigenvalue weighted by Crippen LogP contribution is -1.94. The molecule has 0 atom stereocenters. The van der Waals surface area contributed by atoms with Crippen LogP contribution in [-0.2, 0) is 0 Å². The Hall–Kier alpha value is -1.76. The number of benzene rings is 2. The smallest absolute Gasteiger partial charge is 0.127 e. The molecule has 0 aliphatic carbocycles. The monoisotopic (exact) mass is 211 g/mol. The van der Waals surface area contributed by atoms with Crippen molar-refractivity contribution < 1.29 is 4.74 Å². The van der Waals surface area contributed by atoms with E-state index in [2.05, 4.69) is 19.1 Å². The van der Waals surface area contributed by atoms with Crippen molar-refractivity contribution in [2.75, 3.05) is 6.61 Å². The summed E-state index contributed by atoms with van der Waals surface area (Å²) in [5.41, 5.74) is 3.26. The first-order valence-corrected chi connectivity index (χ1v) is 5.46. The molecule has 0 aliphatic heterocycles. The van der Waals surface area contributed by atoms with E-state index < -0.39 is 0 Å². The van der Waals surface area contributed by atoms with E-state index in [1.807, 2.05) is 43.3 Å². The van der Waals surface area contributed by atoms with Crippen LogP contribution in [0.15, 0.2) is 48.5 Å². The molecular weight excluding hydrogens is 196 g/mol. The van der Waals surface area contributed by atoms with Crippen molar-refractivity contribution in [2.24, 2.45) is 0 Å². The van der Waals surface area contributed by atoms with Crippen molar-refractivity contribution in [3.05, 3.63) is 61.0 Å². The molecule has 0 heterocycles. The van der Waals surface area contributed by atoms with Crippen LogP contribution < -0.4 is 4.74 Å². The Morgan fingerprint density at radius 3 is 2.25 bits per heavy atom. The van der Waals surface area contributed by atoms with Gasteiger partial charge in [-0.25, -0.2) is 0 Å². The largest absolute Gasteiger partial charge is 0.493 e. The van der Waals surface area contributed by atoms with Gasteiger partial charge in [-0.15, -0.1) is 0 Å². The summed E-state index contributed by atoms with van der Waals surface area (Å²) in [6.45, 7) is 6.71. The van der Waals surface area contributed by atoms with Crippen molar-refractivity contribution in [3.63, 3.8) is 0 Å². The van der Waals surface area contributed by atoms with Crippen LogP contribution in [0.25, 0.3) is 11.1 Å². The molecule has 1 heteroatoms. The zero-order valence-corrected chi connectivity index (χ0v) is 9.44. The van der Waals surface area contributed by atoms with Crippen molar-refractivity contribution in [2.45, 2.75) is 6.92 Å². The van der Waals surface area contributed by atoms with Gasteiger partial charge in [0.1, 0.15) is 5.75 Å². The highest BCUT2D eigenvalue weighted by molar-refractivity contribution is 5.73. The van der Waals surface area contributed by atoms with Gasteiger partial charge in [0, 0.05) is 5.56 Å². The Labute approximate surface area is 96.7 Å². The number of para-hydroxylation sites is 1. The molecule has 0 aromatic heterocycles. The van der Waals surface area contributed by atoms with Gasteiger partial charge in [-0.05, 0) is 31.0 Å². The minimum Gasteiger partial charge on any atom is -0.493 e. The number of hydrogen-bond donors (Lipinski definition) is 0. The van der Waals surface area contributed by atoms with E-state index in [-0.39, 0.29) is 0 Å². The fraction of sp³-hybridized carbons (Fsp3) is 0.133. The number of ether oxygens (including phenoxy) is 1. The molecule has 16 heavy (non-hydrogen) atoms. The second kappa shape index (κ2) is 4.84. The summed E-state index contributed by atoms with van der Waals surface area (Å²) in [6.07, 6.45) is 0. The molecule has 1 radical (unpaired) electrons. The van der Waals surface area contributed by atoms with Crippen molar-refractivity contribution >= 4 is 0 Å².